The van der Waals surface area contributed by atoms with Crippen LogP contribution in [0.4, 0.5) is 17.1 Å². The maximum Gasteiger partial charge on any atom is 0.0618 e. The fourth-order valence-corrected chi connectivity index (χ4v) is 2.42. The standard InChI is InChI=1S/C12H9BrClIN2/c13-9-3-1-7(14)5-12(9)17-11-4-2-8(15)6-10(11)16/h1-6,17H,16H2. The Hall–Kier alpha value is -0.460. The average molecular weight is 423 g/mol. The van der Waals surface area contributed by atoms with Gasteiger partial charge in [0.2, 0.25) is 0 Å². The molecule has 0 saturated carbocycles. The molecule has 2 aromatic rings. The summed E-state index contributed by atoms with van der Waals surface area (Å²) in [7, 11) is 0. The van der Waals surface area contributed by atoms with Gasteiger partial charge in [0.25, 0.3) is 0 Å². The number of nitrogens with two attached hydrogens (primary N) is 1. The molecular formula is C12H9BrClIN2. The Balaban J connectivity index is 2.34. The molecular weight excluding hydrogens is 414 g/mol. The second-order valence-electron chi connectivity index (χ2n) is 3.48. The lowest BCUT2D eigenvalue weighted by atomic mass is 10.2. The van der Waals surface area contributed by atoms with E-state index in [1.54, 1.807) is 0 Å². The van der Waals surface area contributed by atoms with Gasteiger partial charge in [0.1, 0.15) is 0 Å². The molecule has 88 valence electrons. The van der Waals surface area contributed by atoms with Crippen molar-refractivity contribution in [3.05, 3.63) is 49.5 Å². The van der Waals surface area contributed by atoms with E-state index in [0.29, 0.717) is 10.7 Å². The summed E-state index contributed by atoms with van der Waals surface area (Å²) in [6.45, 7) is 0. The van der Waals surface area contributed by atoms with E-state index in [2.05, 4.69) is 43.8 Å². The Bertz CT molecular complexity index is 560. The number of anilines is 3. The number of hydrogen-bond acceptors (Lipinski definition) is 2. The highest BCUT2D eigenvalue weighted by molar-refractivity contribution is 14.1. The molecule has 2 nitrogen and oxygen atoms in total. The van der Waals surface area contributed by atoms with Crippen LogP contribution >= 0.6 is 50.1 Å². The van der Waals surface area contributed by atoms with Crippen molar-refractivity contribution < 1.29 is 0 Å². The van der Waals surface area contributed by atoms with Crippen LogP contribution in [0.1, 0.15) is 0 Å². The molecule has 0 saturated heterocycles. The first-order valence-electron chi connectivity index (χ1n) is 4.83. The Morgan fingerprint density at radius 3 is 2.59 bits per heavy atom. The predicted molar refractivity (Wildman–Crippen MR) is 86.0 cm³/mol. The van der Waals surface area contributed by atoms with Crippen molar-refractivity contribution in [3.8, 4) is 0 Å². The van der Waals surface area contributed by atoms with Crippen LogP contribution in [0.5, 0.6) is 0 Å². The minimum atomic E-state index is 0.680. The Morgan fingerprint density at radius 2 is 1.88 bits per heavy atom. The first kappa shape index (κ1) is 13.0. The van der Waals surface area contributed by atoms with Gasteiger partial charge in [-0.25, -0.2) is 0 Å². The van der Waals surface area contributed by atoms with Gasteiger partial charge in [-0.3, -0.25) is 0 Å². The van der Waals surface area contributed by atoms with E-state index in [4.69, 9.17) is 17.3 Å². The molecule has 0 radical (unpaired) electrons. The van der Waals surface area contributed by atoms with Crippen molar-refractivity contribution in [1.29, 1.82) is 0 Å². The summed E-state index contributed by atoms with van der Waals surface area (Å²) < 4.78 is 2.05. The summed E-state index contributed by atoms with van der Waals surface area (Å²) in [6, 6.07) is 11.4. The first-order chi connectivity index (χ1) is 8.06. The lowest BCUT2D eigenvalue weighted by Gasteiger charge is -2.11. The lowest BCUT2D eigenvalue weighted by molar-refractivity contribution is 1.51. The van der Waals surface area contributed by atoms with Gasteiger partial charge in [0.15, 0.2) is 0 Å². The number of rotatable bonds is 2. The minimum absolute atomic E-state index is 0.680. The Labute approximate surface area is 127 Å². The van der Waals surface area contributed by atoms with Crippen LogP contribution in [0.2, 0.25) is 5.02 Å². The topological polar surface area (TPSA) is 38.0 Å². The molecule has 5 heteroatoms. The summed E-state index contributed by atoms with van der Waals surface area (Å²) in [6.07, 6.45) is 0. The van der Waals surface area contributed by atoms with Crippen LogP contribution in [0.3, 0.4) is 0 Å². The SMILES string of the molecule is Nc1cc(I)ccc1Nc1cc(Cl)ccc1Br. The largest absolute Gasteiger partial charge is 0.397 e. The maximum absolute atomic E-state index is 5.95. The van der Waals surface area contributed by atoms with Gasteiger partial charge in [-0.05, 0) is 74.9 Å². The average Bonchev–Trinajstić information content (AvgIpc) is 2.27. The molecule has 3 N–H and O–H groups in total. The molecule has 0 aromatic heterocycles. The van der Waals surface area contributed by atoms with E-state index < -0.39 is 0 Å². The van der Waals surface area contributed by atoms with Crippen molar-refractivity contribution in [2.75, 3.05) is 11.1 Å². The Morgan fingerprint density at radius 1 is 1.12 bits per heavy atom. The minimum Gasteiger partial charge on any atom is -0.397 e. The van der Waals surface area contributed by atoms with E-state index in [1.165, 1.54) is 0 Å². The third-order valence-corrected chi connectivity index (χ3v) is 3.81. The second-order valence-corrected chi connectivity index (χ2v) is 6.02. The number of halogens is 3. The predicted octanol–water partition coefficient (Wildman–Crippen LogP) is 5.03. The zero-order valence-electron chi connectivity index (χ0n) is 8.68. The number of nitrogen functional groups attached to an aromatic ring is 1. The summed E-state index contributed by atoms with van der Waals surface area (Å²) in [5, 5.41) is 3.93. The highest BCUT2D eigenvalue weighted by Gasteiger charge is 2.04. The fraction of sp³-hybridized carbons (Fsp3) is 0. The van der Waals surface area contributed by atoms with Crippen LogP contribution in [-0.2, 0) is 0 Å². The van der Waals surface area contributed by atoms with Crippen molar-refractivity contribution in [2.45, 2.75) is 0 Å². The van der Waals surface area contributed by atoms with Crippen LogP contribution in [-0.4, -0.2) is 0 Å². The van der Waals surface area contributed by atoms with Gasteiger partial charge in [0, 0.05) is 13.1 Å². The third kappa shape index (κ3) is 3.26. The van der Waals surface area contributed by atoms with Gasteiger partial charge >= 0.3 is 0 Å². The van der Waals surface area contributed by atoms with E-state index in [1.807, 2.05) is 36.4 Å². The van der Waals surface area contributed by atoms with Crippen molar-refractivity contribution >= 4 is 67.2 Å². The van der Waals surface area contributed by atoms with Crippen LogP contribution in [0.15, 0.2) is 40.9 Å². The molecule has 0 spiro atoms. The van der Waals surface area contributed by atoms with E-state index in [0.717, 1.165) is 19.4 Å². The van der Waals surface area contributed by atoms with E-state index in [9.17, 15) is 0 Å². The quantitative estimate of drug-likeness (QED) is 0.525. The van der Waals surface area contributed by atoms with Crippen molar-refractivity contribution in [2.24, 2.45) is 0 Å². The Kier molecular flexibility index (Phi) is 4.17. The molecule has 0 aliphatic rings. The summed E-state index contributed by atoms with van der Waals surface area (Å²) >= 11 is 11.6. The van der Waals surface area contributed by atoms with Gasteiger partial charge < -0.3 is 11.1 Å². The van der Waals surface area contributed by atoms with Gasteiger partial charge in [-0.2, -0.15) is 0 Å². The van der Waals surface area contributed by atoms with E-state index in [-0.39, 0.29) is 0 Å². The third-order valence-electron chi connectivity index (χ3n) is 2.21. The molecule has 2 rings (SSSR count). The van der Waals surface area contributed by atoms with Crippen molar-refractivity contribution in [1.82, 2.24) is 0 Å². The number of benzene rings is 2. The molecule has 0 heterocycles. The van der Waals surface area contributed by atoms with Crippen LogP contribution in [0, 0.1) is 3.57 Å². The monoisotopic (exact) mass is 422 g/mol. The maximum atomic E-state index is 5.95. The molecule has 0 bridgehead atoms. The highest BCUT2D eigenvalue weighted by atomic mass is 127. The van der Waals surface area contributed by atoms with E-state index >= 15 is 0 Å². The summed E-state index contributed by atoms with van der Waals surface area (Å²) in [5.41, 5.74) is 8.42. The molecule has 0 unspecified atom stereocenters. The molecule has 0 aliphatic carbocycles. The fourth-order valence-electron chi connectivity index (χ4n) is 1.39. The lowest BCUT2D eigenvalue weighted by Crippen LogP contribution is -1.97. The second kappa shape index (κ2) is 5.46. The van der Waals surface area contributed by atoms with Crippen LogP contribution < -0.4 is 11.1 Å². The molecule has 0 amide bonds. The zero-order valence-corrected chi connectivity index (χ0v) is 13.2. The molecule has 0 atom stereocenters. The summed E-state index contributed by atoms with van der Waals surface area (Å²) in [4.78, 5) is 0. The van der Waals surface area contributed by atoms with Crippen molar-refractivity contribution in [3.63, 3.8) is 0 Å². The highest BCUT2D eigenvalue weighted by Crippen LogP contribution is 2.31. The molecule has 0 aliphatic heterocycles. The number of hydrogen-bond donors (Lipinski definition) is 2. The smallest absolute Gasteiger partial charge is 0.0618 e. The number of nitrogens with one attached hydrogen (secondary N) is 1. The molecule has 0 fully saturated rings. The zero-order chi connectivity index (χ0) is 12.4. The van der Waals surface area contributed by atoms with Crippen LogP contribution in [0.25, 0.3) is 0 Å². The normalized spacial score (nSPS) is 10.3. The molecule has 2 aromatic carbocycles. The first-order valence-corrected chi connectivity index (χ1v) is 7.08. The van der Waals surface area contributed by atoms with Gasteiger partial charge in [0.05, 0.1) is 17.1 Å². The van der Waals surface area contributed by atoms with Gasteiger partial charge in [-0.15, -0.1) is 0 Å². The summed E-state index contributed by atoms with van der Waals surface area (Å²) in [5.74, 6) is 0. The van der Waals surface area contributed by atoms with Gasteiger partial charge in [-0.1, -0.05) is 11.6 Å². The molecule has 17 heavy (non-hydrogen) atoms.